The number of benzene rings is 1. The van der Waals surface area contributed by atoms with E-state index in [4.69, 9.17) is 9.63 Å². The quantitative estimate of drug-likeness (QED) is 0.889. The summed E-state index contributed by atoms with van der Waals surface area (Å²) in [5, 5.41) is 13.1. The second-order valence-electron chi connectivity index (χ2n) is 5.96. The lowest BCUT2D eigenvalue weighted by Crippen LogP contribution is -2.29. The van der Waals surface area contributed by atoms with Crippen LogP contribution < -0.4 is 0 Å². The van der Waals surface area contributed by atoms with E-state index in [-0.39, 0.29) is 6.61 Å². The summed E-state index contributed by atoms with van der Waals surface area (Å²) in [6.45, 7) is 4.12. The molecule has 3 rings (SSSR count). The van der Waals surface area contributed by atoms with E-state index < -0.39 is 0 Å². The van der Waals surface area contributed by atoms with Crippen LogP contribution in [0.4, 0.5) is 0 Å². The molecule has 1 saturated heterocycles. The summed E-state index contributed by atoms with van der Waals surface area (Å²) in [4.78, 5) is 6.96. The first-order valence-electron chi connectivity index (χ1n) is 8.01. The molecule has 2 aromatic rings. The van der Waals surface area contributed by atoms with Gasteiger partial charge in [-0.3, -0.25) is 4.90 Å². The number of nitrogens with zero attached hydrogens (tertiary/aromatic N) is 3. The number of rotatable bonds is 6. The number of aromatic nitrogens is 2. The van der Waals surface area contributed by atoms with Crippen molar-refractivity contribution >= 4 is 0 Å². The van der Waals surface area contributed by atoms with E-state index in [9.17, 15) is 0 Å². The number of likely N-dealkylation sites (tertiary alicyclic amines) is 1. The number of aliphatic hydroxyl groups excluding tert-OH is 1. The van der Waals surface area contributed by atoms with Gasteiger partial charge in [-0.05, 0) is 50.8 Å². The summed E-state index contributed by atoms with van der Waals surface area (Å²) >= 11 is 0. The zero-order valence-corrected chi connectivity index (χ0v) is 13.0. The van der Waals surface area contributed by atoms with Crippen LogP contribution in [-0.4, -0.2) is 39.3 Å². The lowest BCUT2D eigenvalue weighted by atomic mass is 10.1. The van der Waals surface area contributed by atoms with Crippen LogP contribution in [0, 0.1) is 6.92 Å². The number of aliphatic hydroxyl groups is 1. The van der Waals surface area contributed by atoms with Gasteiger partial charge in [0.25, 0.3) is 5.89 Å². The molecule has 0 radical (unpaired) electrons. The Morgan fingerprint density at radius 3 is 3.05 bits per heavy atom. The Bertz CT molecular complexity index is 611. The van der Waals surface area contributed by atoms with E-state index in [2.05, 4.69) is 15.0 Å². The third-order valence-electron chi connectivity index (χ3n) is 4.38. The van der Waals surface area contributed by atoms with Gasteiger partial charge in [-0.2, -0.15) is 4.98 Å². The van der Waals surface area contributed by atoms with Gasteiger partial charge in [-0.15, -0.1) is 0 Å². The van der Waals surface area contributed by atoms with Crippen molar-refractivity contribution in [2.45, 2.75) is 45.2 Å². The summed E-state index contributed by atoms with van der Waals surface area (Å²) in [6, 6.07) is 8.58. The second kappa shape index (κ2) is 7.03. The zero-order chi connectivity index (χ0) is 15.4. The van der Waals surface area contributed by atoms with Gasteiger partial charge < -0.3 is 9.63 Å². The van der Waals surface area contributed by atoms with Gasteiger partial charge in [0, 0.05) is 18.2 Å². The van der Waals surface area contributed by atoms with Crippen molar-refractivity contribution in [3.8, 4) is 11.5 Å². The Hall–Kier alpha value is -1.72. The van der Waals surface area contributed by atoms with Gasteiger partial charge in [0.15, 0.2) is 5.82 Å². The van der Waals surface area contributed by atoms with E-state index >= 15 is 0 Å². The Kier molecular flexibility index (Phi) is 4.85. The van der Waals surface area contributed by atoms with Gasteiger partial charge >= 0.3 is 0 Å². The molecule has 1 unspecified atom stereocenters. The van der Waals surface area contributed by atoms with Crippen LogP contribution in [-0.2, 0) is 6.54 Å². The smallest absolute Gasteiger partial charge is 0.258 e. The molecular formula is C17H23N3O2. The third-order valence-corrected chi connectivity index (χ3v) is 4.38. The van der Waals surface area contributed by atoms with E-state index in [0.29, 0.717) is 11.9 Å². The minimum Gasteiger partial charge on any atom is -0.396 e. The molecule has 5 nitrogen and oxygen atoms in total. The molecule has 22 heavy (non-hydrogen) atoms. The van der Waals surface area contributed by atoms with E-state index in [0.717, 1.165) is 42.9 Å². The molecule has 1 N–H and O–H groups in total. The number of aryl methyl sites for hydroxylation is 1. The van der Waals surface area contributed by atoms with Crippen molar-refractivity contribution in [3.05, 3.63) is 35.7 Å². The molecule has 1 aromatic carbocycles. The fraction of sp³-hybridized carbons (Fsp3) is 0.529. The van der Waals surface area contributed by atoms with Crippen molar-refractivity contribution in [1.82, 2.24) is 15.0 Å². The highest BCUT2D eigenvalue weighted by Crippen LogP contribution is 2.25. The molecule has 1 aromatic heterocycles. The third kappa shape index (κ3) is 3.36. The maximum absolute atomic E-state index is 9.00. The Morgan fingerprint density at radius 1 is 1.36 bits per heavy atom. The minimum atomic E-state index is 0.268. The van der Waals surface area contributed by atoms with Crippen LogP contribution in [0.15, 0.2) is 28.8 Å². The Morgan fingerprint density at radius 2 is 2.23 bits per heavy atom. The van der Waals surface area contributed by atoms with Gasteiger partial charge in [0.05, 0.1) is 6.54 Å². The van der Waals surface area contributed by atoms with Crippen molar-refractivity contribution in [2.24, 2.45) is 0 Å². The van der Waals surface area contributed by atoms with Gasteiger partial charge in [0.2, 0.25) is 0 Å². The van der Waals surface area contributed by atoms with Crippen molar-refractivity contribution in [3.63, 3.8) is 0 Å². The van der Waals surface area contributed by atoms with Crippen LogP contribution in [0.25, 0.3) is 11.5 Å². The first-order chi connectivity index (χ1) is 10.8. The zero-order valence-electron chi connectivity index (χ0n) is 13.0. The minimum absolute atomic E-state index is 0.268. The van der Waals surface area contributed by atoms with Crippen molar-refractivity contribution < 1.29 is 9.63 Å². The number of hydrogen-bond acceptors (Lipinski definition) is 5. The molecule has 0 bridgehead atoms. The van der Waals surface area contributed by atoms with Crippen molar-refractivity contribution in [2.75, 3.05) is 13.2 Å². The summed E-state index contributed by atoms with van der Waals surface area (Å²) in [5.74, 6) is 1.34. The molecule has 0 spiro atoms. The van der Waals surface area contributed by atoms with Crippen LogP contribution >= 0.6 is 0 Å². The van der Waals surface area contributed by atoms with Gasteiger partial charge in [0.1, 0.15) is 0 Å². The molecule has 118 valence electrons. The standard InChI is InChI=1S/C17H23N3O2/c1-13-6-2-3-9-15(13)17-18-16(19-22-17)12-20-10-4-7-14(20)8-5-11-21/h2-3,6,9,14,21H,4-5,7-8,10-12H2,1H3. The van der Waals surface area contributed by atoms with Gasteiger partial charge in [-0.1, -0.05) is 23.4 Å². The lowest BCUT2D eigenvalue weighted by molar-refractivity contribution is 0.204. The van der Waals surface area contributed by atoms with Gasteiger partial charge in [-0.25, -0.2) is 0 Å². The molecule has 1 aliphatic rings. The maximum Gasteiger partial charge on any atom is 0.258 e. The fourth-order valence-corrected chi connectivity index (χ4v) is 3.18. The largest absolute Gasteiger partial charge is 0.396 e. The normalized spacial score (nSPS) is 18.9. The molecule has 0 aliphatic carbocycles. The monoisotopic (exact) mass is 301 g/mol. The molecule has 1 aliphatic heterocycles. The first kappa shape index (κ1) is 15.2. The van der Waals surface area contributed by atoms with Crippen LogP contribution in [0.3, 0.4) is 0 Å². The van der Waals surface area contributed by atoms with Crippen LogP contribution in [0.1, 0.15) is 37.1 Å². The molecule has 2 heterocycles. The summed E-state index contributed by atoms with van der Waals surface area (Å²) in [6.07, 6.45) is 4.31. The number of hydrogen-bond donors (Lipinski definition) is 1. The van der Waals surface area contributed by atoms with E-state index in [1.165, 1.54) is 12.8 Å². The highest BCUT2D eigenvalue weighted by atomic mass is 16.5. The van der Waals surface area contributed by atoms with Crippen LogP contribution in [0.5, 0.6) is 0 Å². The second-order valence-corrected chi connectivity index (χ2v) is 5.96. The Balaban J connectivity index is 1.68. The SMILES string of the molecule is Cc1ccccc1-c1nc(CN2CCCC2CCCO)no1. The molecule has 5 heteroatoms. The first-order valence-corrected chi connectivity index (χ1v) is 8.01. The average molecular weight is 301 g/mol. The molecule has 1 fully saturated rings. The molecule has 1 atom stereocenters. The molecule has 0 saturated carbocycles. The lowest BCUT2D eigenvalue weighted by Gasteiger charge is -2.22. The van der Waals surface area contributed by atoms with Crippen LogP contribution in [0.2, 0.25) is 0 Å². The topological polar surface area (TPSA) is 62.4 Å². The molecule has 0 amide bonds. The maximum atomic E-state index is 9.00. The fourth-order valence-electron chi connectivity index (χ4n) is 3.18. The summed E-state index contributed by atoms with van der Waals surface area (Å²) in [7, 11) is 0. The average Bonchev–Trinajstić information content (AvgIpc) is 3.16. The predicted molar refractivity (Wildman–Crippen MR) is 84.2 cm³/mol. The molecular weight excluding hydrogens is 278 g/mol. The van der Waals surface area contributed by atoms with E-state index in [1.807, 2.05) is 31.2 Å². The highest BCUT2D eigenvalue weighted by molar-refractivity contribution is 5.57. The Labute approximate surface area is 131 Å². The summed E-state index contributed by atoms with van der Waals surface area (Å²) < 4.78 is 5.43. The van der Waals surface area contributed by atoms with Crippen molar-refractivity contribution in [1.29, 1.82) is 0 Å². The highest BCUT2D eigenvalue weighted by Gasteiger charge is 2.25. The summed E-state index contributed by atoms with van der Waals surface area (Å²) in [5.41, 5.74) is 2.14. The predicted octanol–water partition coefficient (Wildman–Crippen LogP) is 2.78. The van der Waals surface area contributed by atoms with E-state index in [1.54, 1.807) is 0 Å².